The molecule has 0 bridgehead atoms. The second-order valence-electron chi connectivity index (χ2n) is 19.3. The number of phenolic OH excluding ortho intramolecular Hbond substituents is 1. The molecule has 4 nitrogen and oxygen atoms in total. The molecule has 1 N–H and O–H groups in total. The van der Waals surface area contributed by atoms with Crippen molar-refractivity contribution in [1.82, 2.24) is 14.5 Å². The Labute approximate surface area is 364 Å². The molecule has 6 aromatic carbocycles. The van der Waals surface area contributed by atoms with Gasteiger partial charge >= 0.3 is 0 Å². The minimum absolute atomic E-state index is 0.171. The van der Waals surface area contributed by atoms with E-state index in [9.17, 15) is 5.11 Å². The Kier molecular flexibility index (Phi) is 10.0. The van der Waals surface area contributed by atoms with Crippen LogP contribution in [-0.2, 0) is 10.8 Å². The van der Waals surface area contributed by atoms with Gasteiger partial charge in [-0.2, -0.15) is 0 Å². The van der Waals surface area contributed by atoms with Crippen LogP contribution < -0.4 is 0 Å². The summed E-state index contributed by atoms with van der Waals surface area (Å²) in [4.78, 5) is 10.6. The zero-order valence-corrected chi connectivity index (χ0v) is 37.9. The van der Waals surface area contributed by atoms with Crippen LogP contribution in [0.1, 0.15) is 103 Å². The molecule has 0 aliphatic heterocycles. The first kappa shape index (κ1) is 40.4. The molecule has 306 valence electrons. The standard InChI is InChI=1S/C56H55N3OS/c1-33(2)41-27-36(35-19-12-11-13-20-35)28-42(34(3)4)52(41)59-47-24-18-22-39(51(47)58-54(59)44-31-38(55(5,6)7)32-45(53(44)60)56(8,9)10)37-29-43(46-23-16-17-26-57-46)50-40-21-14-15-25-48(40)61-49(50)30-37/h11-34,60H,1-10H3. The number of imidazole rings is 1. The Balaban J connectivity index is 1.43. The van der Waals surface area contributed by atoms with Gasteiger partial charge in [-0.3, -0.25) is 9.55 Å². The van der Waals surface area contributed by atoms with E-state index in [4.69, 9.17) is 9.97 Å². The van der Waals surface area contributed by atoms with Gasteiger partial charge in [0.05, 0.1) is 28.0 Å². The van der Waals surface area contributed by atoms with E-state index in [1.54, 1.807) is 0 Å². The molecule has 0 radical (unpaired) electrons. The highest BCUT2D eigenvalue weighted by Crippen LogP contribution is 2.48. The Morgan fingerprint density at radius 2 is 1.28 bits per heavy atom. The third-order valence-corrected chi connectivity index (χ3v) is 13.3. The van der Waals surface area contributed by atoms with Gasteiger partial charge in [-0.25, -0.2) is 4.98 Å². The zero-order chi connectivity index (χ0) is 43.0. The van der Waals surface area contributed by atoms with Crippen LogP contribution in [0, 0.1) is 0 Å². The highest BCUT2D eigenvalue weighted by Gasteiger charge is 2.31. The summed E-state index contributed by atoms with van der Waals surface area (Å²) in [6, 6.07) is 45.9. The predicted octanol–water partition coefficient (Wildman–Crippen LogP) is 16.0. The molecule has 9 rings (SSSR count). The Hall–Kier alpha value is -6.04. The molecule has 61 heavy (non-hydrogen) atoms. The second-order valence-corrected chi connectivity index (χ2v) is 20.3. The van der Waals surface area contributed by atoms with Gasteiger partial charge in [0.15, 0.2) is 0 Å². The summed E-state index contributed by atoms with van der Waals surface area (Å²) >= 11 is 1.82. The van der Waals surface area contributed by atoms with E-state index in [0.717, 1.165) is 61.6 Å². The van der Waals surface area contributed by atoms with Crippen molar-refractivity contribution in [2.45, 2.75) is 91.9 Å². The van der Waals surface area contributed by atoms with Gasteiger partial charge in [-0.1, -0.05) is 142 Å². The van der Waals surface area contributed by atoms with Gasteiger partial charge in [0.1, 0.15) is 11.6 Å². The van der Waals surface area contributed by atoms with E-state index in [2.05, 4.69) is 195 Å². The fourth-order valence-electron chi connectivity index (χ4n) is 8.90. The van der Waals surface area contributed by atoms with Gasteiger partial charge in [-0.05, 0) is 111 Å². The molecule has 0 atom stereocenters. The molecule has 0 saturated carbocycles. The summed E-state index contributed by atoms with van der Waals surface area (Å²) in [6.07, 6.45) is 1.88. The van der Waals surface area contributed by atoms with Gasteiger partial charge in [-0.15, -0.1) is 11.3 Å². The van der Waals surface area contributed by atoms with Crippen LogP contribution in [0.4, 0.5) is 0 Å². The summed E-state index contributed by atoms with van der Waals surface area (Å²) in [6.45, 7) is 22.4. The van der Waals surface area contributed by atoms with E-state index in [1.165, 1.54) is 42.4 Å². The van der Waals surface area contributed by atoms with Crippen molar-refractivity contribution >= 4 is 42.5 Å². The molecule has 0 aliphatic carbocycles. The minimum Gasteiger partial charge on any atom is -0.507 e. The molecule has 3 aromatic heterocycles. The number of benzene rings is 6. The smallest absolute Gasteiger partial charge is 0.149 e. The number of nitrogens with zero attached hydrogens (tertiary/aromatic N) is 3. The summed E-state index contributed by atoms with van der Waals surface area (Å²) in [5.74, 6) is 1.41. The molecule has 0 aliphatic rings. The monoisotopic (exact) mass is 817 g/mol. The number of pyridine rings is 1. The highest BCUT2D eigenvalue weighted by atomic mass is 32.1. The third kappa shape index (κ3) is 7.13. The summed E-state index contributed by atoms with van der Waals surface area (Å²) in [5, 5.41) is 15.1. The van der Waals surface area contributed by atoms with Gasteiger partial charge in [0.2, 0.25) is 0 Å². The van der Waals surface area contributed by atoms with Crippen molar-refractivity contribution in [1.29, 1.82) is 0 Å². The molecule has 9 aromatic rings. The lowest BCUT2D eigenvalue weighted by atomic mass is 9.78. The fourth-order valence-corrected chi connectivity index (χ4v) is 10.1. The maximum atomic E-state index is 12.6. The minimum atomic E-state index is -0.312. The number of aromatic hydroxyl groups is 1. The molecule has 5 heteroatoms. The molecule has 3 heterocycles. The SMILES string of the molecule is CC(C)c1cc(-c2ccccc2)cc(C(C)C)c1-n1c(-c2cc(C(C)(C)C)cc(C(C)(C)C)c2O)nc2c(-c3cc(-c4ccccn4)c4c(c3)sc3ccccc34)cccc21. The molecule has 0 spiro atoms. The van der Waals surface area contributed by atoms with Gasteiger partial charge in [0, 0.05) is 43.1 Å². The average Bonchev–Trinajstić information content (AvgIpc) is 3.81. The number of para-hydroxylation sites is 1. The summed E-state index contributed by atoms with van der Waals surface area (Å²) < 4.78 is 4.84. The molecule has 0 unspecified atom stereocenters. The first-order chi connectivity index (χ1) is 29.1. The largest absolute Gasteiger partial charge is 0.507 e. The lowest BCUT2D eigenvalue weighted by Gasteiger charge is -2.28. The normalized spacial score (nSPS) is 12.5. The van der Waals surface area contributed by atoms with E-state index >= 15 is 0 Å². The highest BCUT2D eigenvalue weighted by molar-refractivity contribution is 7.26. The van der Waals surface area contributed by atoms with Crippen LogP contribution in [0.5, 0.6) is 5.75 Å². The van der Waals surface area contributed by atoms with Crippen molar-refractivity contribution < 1.29 is 5.11 Å². The Morgan fingerprint density at radius 3 is 1.93 bits per heavy atom. The van der Waals surface area contributed by atoms with Gasteiger partial charge in [0.25, 0.3) is 0 Å². The van der Waals surface area contributed by atoms with Crippen molar-refractivity contribution in [3.8, 4) is 56.3 Å². The van der Waals surface area contributed by atoms with E-state index in [0.29, 0.717) is 0 Å². The van der Waals surface area contributed by atoms with Crippen LogP contribution in [-0.4, -0.2) is 19.6 Å². The van der Waals surface area contributed by atoms with Crippen molar-refractivity contribution in [2.75, 3.05) is 0 Å². The van der Waals surface area contributed by atoms with Crippen molar-refractivity contribution in [3.05, 3.63) is 156 Å². The van der Waals surface area contributed by atoms with E-state index in [-0.39, 0.29) is 28.4 Å². The predicted molar refractivity (Wildman–Crippen MR) is 261 cm³/mol. The Morgan fingerprint density at radius 1 is 0.590 bits per heavy atom. The number of thiophene rings is 1. The Bertz CT molecular complexity index is 3070. The lowest BCUT2D eigenvalue weighted by molar-refractivity contribution is 0.446. The van der Waals surface area contributed by atoms with Crippen molar-refractivity contribution in [3.63, 3.8) is 0 Å². The quantitative estimate of drug-likeness (QED) is 0.174. The fraction of sp³-hybridized carbons (Fsp3) is 0.250. The summed E-state index contributed by atoms with van der Waals surface area (Å²) in [5.41, 5.74) is 14.4. The molecule has 0 fully saturated rings. The average molecular weight is 818 g/mol. The van der Waals surface area contributed by atoms with Crippen LogP contribution in [0.2, 0.25) is 0 Å². The lowest BCUT2D eigenvalue weighted by Crippen LogP contribution is -2.17. The van der Waals surface area contributed by atoms with Crippen LogP contribution in [0.15, 0.2) is 134 Å². The van der Waals surface area contributed by atoms with E-state index in [1.807, 2.05) is 23.6 Å². The molecule has 0 amide bonds. The molecular weight excluding hydrogens is 763 g/mol. The van der Waals surface area contributed by atoms with Crippen LogP contribution in [0.3, 0.4) is 0 Å². The van der Waals surface area contributed by atoms with Crippen molar-refractivity contribution in [2.24, 2.45) is 0 Å². The molecule has 0 saturated heterocycles. The van der Waals surface area contributed by atoms with E-state index < -0.39 is 0 Å². The maximum absolute atomic E-state index is 12.6. The number of phenols is 1. The number of hydrogen-bond donors (Lipinski definition) is 1. The zero-order valence-electron chi connectivity index (χ0n) is 37.1. The third-order valence-electron chi connectivity index (χ3n) is 12.2. The first-order valence-corrected chi connectivity index (χ1v) is 22.4. The number of fused-ring (bicyclic) bond motifs is 4. The number of aromatic nitrogens is 3. The summed E-state index contributed by atoms with van der Waals surface area (Å²) in [7, 11) is 0. The number of hydrogen-bond acceptors (Lipinski definition) is 4. The second kappa shape index (κ2) is 15.1. The first-order valence-electron chi connectivity index (χ1n) is 21.6. The maximum Gasteiger partial charge on any atom is 0.149 e. The van der Waals surface area contributed by atoms with Gasteiger partial charge < -0.3 is 5.11 Å². The molecular formula is C56H55N3OS. The number of rotatable bonds is 7. The van der Waals surface area contributed by atoms with Crippen LogP contribution >= 0.6 is 11.3 Å². The topological polar surface area (TPSA) is 50.9 Å². The van der Waals surface area contributed by atoms with Crippen LogP contribution in [0.25, 0.3) is 81.8 Å².